The summed E-state index contributed by atoms with van der Waals surface area (Å²) >= 11 is 0. The summed E-state index contributed by atoms with van der Waals surface area (Å²) in [6.45, 7) is 14.0. The van der Waals surface area contributed by atoms with Gasteiger partial charge < -0.3 is 15.1 Å². The van der Waals surface area contributed by atoms with E-state index >= 15 is 0 Å². The molecule has 30 heavy (non-hydrogen) atoms. The molecular weight excluding hydrogens is 376 g/mol. The zero-order chi connectivity index (χ0) is 22.6. The molecule has 0 aromatic heterocycles. The van der Waals surface area contributed by atoms with E-state index in [-0.39, 0.29) is 18.8 Å². The molecule has 5 nitrogen and oxygen atoms in total. The van der Waals surface area contributed by atoms with Gasteiger partial charge in [0.25, 0.3) is 0 Å². The van der Waals surface area contributed by atoms with Crippen molar-refractivity contribution in [2.75, 3.05) is 26.2 Å². The predicted octanol–water partition coefficient (Wildman–Crippen LogP) is 4.45. The number of nitrogens with zero attached hydrogens (tertiary/aromatic N) is 2. The Morgan fingerprint density at radius 3 is 2.27 bits per heavy atom. The first-order chi connectivity index (χ1) is 14.2. The van der Waals surface area contributed by atoms with E-state index in [1.807, 2.05) is 0 Å². The van der Waals surface area contributed by atoms with E-state index < -0.39 is 0 Å². The molecule has 178 valence electrons. The van der Waals surface area contributed by atoms with Crippen LogP contribution in [0.2, 0.25) is 0 Å². The van der Waals surface area contributed by atoms with Gasteiger partial charge in [-0.15, -0.1) is 0 Å². The molecule has 1 heterocycles. The number of carbonyl (C=O) groups excluding carboxylic acids is 1. The Kier molecular flexibility index (Phi) is 13.2. The average molecular weight is 427 g/mol. The minimum atomic E-state index is -0.245. The summed E-state index contributed by atoms with van der Waals surface area (Å²) < 4.78 is 0. The molecular formula is C25H50N2O3. The molecule has 1 saturated carbocycles. The van der Waals surface area contributed by atoms with Crippen LogP contribution in [0.15, 0.2) is 0 Å². The van der Waals surface area contributed by atoms with E-state index in [1.54, 1.807) is 0 Å². The lowest BCUT2D eigenvalue weighted by Gasteiger charge is -2.37. The van der Waals surface area contributed by atoms with E-state index in [1.165, 1.54) is 32.1 Å². The van der Waals surface area contributed by atoms with Crippen LogP contribution in [-0.2, 0) is 4.79 Å². The third-order valence-corrected chi connectivity index (χ3v) is 6.26. The molecule has 4 atom stereocenters. The standard InChI is InChI=1S/C20H38N2O3.C5H12/c1-17-8-4-5-9-20(17)22(16-24)12-7-3-2-6-11-21-13-10-19(25)14-18(21)15-23;1-5(2,3)4/h16-20,23,25H,2-15H2,1H3;1-4H3. The van der Waals surface area contributed by atoms with Crippen LogP contribution in [0.4, 0.5) is 0 Å². The van der Waals surface area contributed by atoms with Crippen molar-refractivity contribution in [2.24, 2.45) is 11.3 Å². The minimum Gasteiger partial charge on any atom is -0.395 e. The quantitative estimate of drug-likeness (QED) is 0.400. The van der Waals surface area contributed by atoms with E-state index in [4.69, 9.17) is 0 Å². The highest BCUT2D eigenvalue weighted by atomic mass is 16.3. The first kappa shape index (κ1) is 27.4. The summed E-state index contributed by atoms with van der Waals surface area (Å²) in [6.07, 6.45) is 11.9. The van der Waals surface area contributed by atoms with Crippen molar-refractivity contribution in [3.8, 4) is 0 Å². The van der Waals surface area contributed by atoms with Crippen molar-refractivity contribution in [3.05, 3.63) is 0 Å². The molecule has 0 bridgehead atoms. The van der Waals surface area contributed by atoms with E-state index in [2.05, 4.69) is 44.4 Å². The van der Waals surface area contributed by atoms with Gasteiger partial charge in [0.2, 0.25) is 6.41 Å². The number of likely N-dealkylation sites (tertiary alicyclic amines) is 1. The number of aliphatic hydroxyl groups is 2. The summed E-state index contributed by atoms with van der Waals surface area (Å²) in [5.74, 6) is 0.642. The van der Waals surface area contributed by atoms with Gasteiger partial charge in [-0.3, -0.25) is 9.69 Å². The topological polar surface area (TPSA) is 64.0 Å². The number of hydrogen-bond acceptors (Lipinski definition) is 4. The van der Waals surface area contributed by atoms with Gasteiger partial charge in [-0.2, -0.15) is 0 Å². The van der Waals surface area contributed by atoms with Crippen LogP contribution in [0.25, 0.3) is 0 Å². The van der Waals surface area contributed by atoms with E-state index in [0.717, 1.165) is 51.7 Å². The molecule has 4 unspecified atom stereocenters. The third kappa shape index (κ3) is 11.7. The Bertz CT molecular complexity index is 446. The van der Waals surface area contributed by atoms with Gasteiger partial charge in [0, 0.05) is 25.2 Å². The largest absolute Gasteiger partial charge is 0.395 e. The van der Waals surface area contributed by atoms with Crippen molar-refractivity contribution < 1.29 is 15.0 Å². The zero-order valence-corrected chi connectivity index (χ0v) is 20.5. The molecule has 1 saturated heterocycles. The Hall–Kier alpha value is -0.650. The highest BCUT2D eigenvalue weighted by Gasteiger charge is 2.27. The zero-order valence-electron chi connectivity index (χ0n) is 20.5. The smallest absolute Gasteiger partial charge is 0.209 e. The number of piperidine rings is 1. The highest BCUT2D eigenvalue weighted by molar-refractivity contribution is 5.47. The Morgan fingerprint density at radius 2 is 1.67 bits per heavy atom. The predicted molar refractivity (Wildman–Crippen MR) is 125 cm³/mol. The first-order valence-corrected chi connectivity index (χ1v) is 12.4. The second-order valence-corrected chi connectivity index (χ2v) is 11.1. The summed E-state index contributed by atoms with van der Waals surface area (Å²) in [4.78, 5) is 15.8. The monoisotopic (exact) mass is 426 g/mol. The Morgan fingerprint density at radius 1 is 1.03 bits per heavy atom. The van der Waals surface area contributed by atoms with Gasteiger partial charge in [0.05, 0.1) is 12.7 Å². The fraction of sp³-hybridized carbons (Fsp3) is 0.960. The van der Waals surface area contributed by atoms with Crippen molar-refractivity contribution in [3.63, 3.8) is 0 Å². The van der Waals surface area contributed by atoms with Gasteiger partial charge in [-0.1, -0.05) is 60.3 Å². The summed E-state index contributed by atoms with van der Waals surface area (Å²) in [5, 5.41) is 19.2. The van der Waals surface area contributed by atoms with Crippen LogP contribution in [0, 0.1) is 11.3 Å². The first-order valence-electron chi connectivity index (χ1n) is 12.4. The lowest BCUT2D eigenvalue weighted by atomic mass is 9.85. The normalized spacial score (nSPS) is 27.8. The van der Waals surface area contributed by atoms with Crippen LogP contribution in [-0.4, -0.2) is 70.9 Å². The number of carbonyl (C=O) groups is 1. The van der Waals surface area contributed by atoms with E-state index in [9.17, 15) is 15.0 Å². The van der Waals surface area contributed by atoms with Crippen LogP contribution >= 0.6 is 0 Å². The molecule has 2 rings (SSSR count). The van der Waals surface area contributed by atoms with Crippen molar-refractivity contribution in [1.82, 2.24) is 9.80 Å². The van der Waals surface area contributed by atoms with Gasteiger partial charge in [0.15, 0.2) is 0 Å². The maximum absolute atomic E-state index is 11.4. The lowest BCUT2D eigenvalue weighted by molar-refractivity contribution is -0.122. The molecule has 0 aromatic carbocycles. The molecule has 1 aliphatic carbocycles. The average Bonchev–Trinajstić information content (AvgIpc) is 2.68. The maximum Gasteiger partial charge on any atom is 0.209 e. The maximum atomic E-state index is 11.4. The molecule has 0 radical (unpaired) electrons. The second-order valence-electron chi connectivity index (χ2n) is 11.1. The molecule has 0 spiro atoms. The third-order valence-electron chi connectivity index (χ3n) is 6.26. The van der Waals surface area contributed by atoms with Crippen molar-refractivity contribution >= 4 is 6.41 Å². The molecule has 5 heteroatoms. The van der Waals surface area contributed by atoms with Crippen LogP contribution in [0.1, 0.15) is 98.8 Å². The highest BCUT2D eigenvalue weighted by Crippen LogP contribution is 2.27. The molecule has 2 N–H and O–H groups in total. The molecule has 0 aromatic rings. The number of amides is 1. The summed E-state index contributed by atoms with van der Waals surface area (Å²) in [6, 6.07) is 0.582. The van der Waals surface area contributed by atoms with Gasteiger partial charge in [0.1, 0.15) is 0 Å². The fourth-order valence-corrected chi connectivity index (χ4v) is 4.61. The van der Waals surface area contributed by atoms with Gasteiger partial charge in [-0.25, -0.2) is 0 Å². The van der Waals surface area contributed by atoms with Crippen LogP contribution in [0.5, 0.6) is 0 Å². The Labute approximate surface area is 186 Å². The van der Waals surface area contributed by atoms with Gasteiger partial charge in [-0.05, 0) is 56.4 Å². The van der Waals surface area contributed by atoms with Crippen LogP contribution in [0.3, 0.4) is 0 Å². The second kappa shape index (κ2) is 14.4. The molecule has 1 aliphatic heterocycles. The van der Waals surface area contributed by atoms with Crippen molar-refractivity contribution in [2.45, 2.75) is 117 Å². The lowest BCUT2D eigenvalue weighted by Crippen LogP contribution is -2.46. The Balaban J connectivity index is 0.000000804. The number of unbranched alkanes of at least 4 members (excludes halogenated alkanes) is 3. The number of hydrogen-bond donors (Lipinski definition) is 2. The number of aliphatic hydroxyl groups excluding tert-OH is 2. The van der Waals surface area contributed by atoms with Crippen LogP contribution < -0.4 is 0 Å². The molecule has 2 aliphatic rings. The minimum absolute atomic E-state index is 0.127. The SMILES string of the molecule is CC(C)(C)C.CC1CCCCC1N(C=O)CCCCCCN1CCC(O)CC1CO. The summed E-state index contributed by atoms with van der Waals surface area (Å²) in [5.41, 5.74) is 0.500. The number of rotatable bonds is 10. The summed E-state index contributed by atoms with van der Waals surface area (Å²) in [7, 11) is 0. The fourth-order valence-electron chi connectivity index (χ4n) is 4.61. The van der Waals surface area contributed by atoms with E-state index in [0.29, 0.717) is 23.8 Å². The van der Waals surface area contributed by atoms with Crippen molar-refractivity contribution in [1.29, 1.82) is 0 Å². The molecule has 1 amide bonds. The van der Waals surface area contributed by atoms with Gasteiger partial charge >= 0.3 is 0 Å². The molecule has 2 fully saturated rings.